The zero-order chi connectivity index (χ0) is 17.8. The van der Waals surface area contributed by atoms with Crippen LogP contribution in [0.1, 0.15) is 43.1 Å². The summed E-state index contributed by atoms with van der Waals surface area (Å²) in [7, 11) is 0. The number of rotatable bonds is 4. The number of nitrogens with zero attached hydrogens (tertiary/aromatic N) is 3. The zero-order valence-electron chi connectivity index (χ0n) is 14.0. The summed E-state index contributed by atoms with van der Waals surface area (Å²) in [6.07, 6.45) is 6.04. The monoisotopic (exact) mass is 362 g/mol. The van der Waals surface area contributed by atoms with Crippen LogP contribution in [0, 0.1) is 5.82 Å². The summed E-state index contributed by atoms with van der Waals surface area (Å²) in [4.78, 5) is 23.4. The molecule has 1 aromatic heterocycles. The van der Waals surface area contributed by atoms with Crippen molar-refractivity contribution in [1.29, 1.82) is 0 Å². The maximum atomic E-state index is 13.2. The Balaban J connectivity index is 1.78. The summed E-state index contributed by atoms with van der Waals surface area (Å²) in [5.41, 5.74) is 0.687. The van der Waals surface area contributed by atoms with Crippen LogP contribution in [-0.4, -0.2) is 28.5 Å². The van der Waals surface area contributed by atoms with Crippen LogP contribution in [0.4, 0.5) is 16.0 Å². The number of hydrogen-bond donors (Lipinski definition) is 1. The van der Waals surface area contributed by atoms with E-state index in [9.17, 15) is 9.18 Å². The van der Waals surface area contributed by atoms with Gasteiger partial charge in [-0.15, -0.1) is 0 Å². The van der Waals surface area contributed by atoms with Crippen LogP contribution in [0.2, 0.25) is 5.02 Å². The first-order valence-corrected chi connectivity index (χ1v) is 8.82. The molecule has 3 rings (SSSR count). The molecule has 1 aromatic carbocycles. The van der Waals surface area contributed by atoms with Crippen LogP contribution in [0.15, 0.2) is 30.5 Å². The van der Waals surface area contributed by atoms with Crippen molar-refractivity contribution in [2.45, 2.75) is 38.6 Å². The molecule has 132 valence electrons. The molecular formula is C18H20ClFN4O. The molecule has 0 radical (unpaired) electrons. The van der Waals surface area contributed by atoms with E-state index in [0.717, 1.165) is 25.8 Å². The van der Waals surface area contributed by atoms with Gasteiger partial charge >= 0.3 is 0 Å². The van der Waals surface area contributed by atoms with E-state index in [1.54, 1.807) is 12.3 Å². The summed E-state index contributed by atoms with van der Waals surface area (Å²) in [6, 6.07) is 6.01. The van der Waals surface area contributed by atoms with E-state index >= 15 is 0 Å². The van der Waals surface area contributed by atoms with Crippen LogP contribution in [0.25, 0.3) is 0 Å². The van der Waals surface area contributed by atoms with E-state index in [4.69, 9.17) is 11.6 Å². The molecule has 1 N–H and O–H groups in total. The van der Waals surface area contributed by atoms with E-state index in [1.165, 1.54) is 24.6 Å². The Labute approximate surface area is 151 Å². The van der Waals surface area contributed by atoms with Gasteiger partial charge in [0.05, 0.1) is 5.02 Å². The lowest BCUT2D eigenvalue weighted by atomic mass is 10.0. The summed E-state index contributed by atoms with van der Waals surface area (Å²) in [5.74, 6) is -0.326. The molecule has 1 saturated heterocycles. The fraction of sp³-hybridized carbons (Fsp3) is 0.389. The number of aromatic nitrogens is 2. The number of anilines is 2. The van der Waals surface area contributed by atoms with Gasteiger partial charge in [0, 0.05) is 24.5 Å². The number of hydrogen-bond acceptors (Lipinski definition) is 4. The first-order chi connectivity index (χ1) is 12.1. The van der Waals surface area contributed by atoms with E-state index < -0.39 is 5.82 Å². The number of carbonyl (C=O) groups is 1. The molecule has 0 bridgehead atoms. The summed E-state index contributed by atoms with van der Waals surface area (Å²) in [6.45, 7) is 3.05. The van der Waals surface area contributed by atoms with Crippen molar-refractivity contribution in [2.24, 2.45) is 0 Å². The summed E-state index contributed by atoms with van der Waals surface area (Å²) < 4.78 is 13.2. The van der Waals surface area contributed by atoms with Gasteiger partial charge in [0.1, 0.15) is 11.5 Å². The number of amides is 1. The molecule has 1 unspecified atom stereocenters. The molecule has 0 spiro atoms. The molecule has 1 amide bonds. The second kappa shape index (κ2) is 7.78. The molecular weight excluding hydrogens is 343 g/mol. The lowest BCUT2D eigenvalue weighted by molar-refractivity contribution is 0.102. The lowest BCUT2D eigenvalue weighted by Crippen LogP contribution is -2.40. The fourth-order valence-electron chi connectivity index (χ4n) is 3.07. The van der Waals surface area contributed by atoms with Gasteiger partial charge in [-0.1, -0.05) is 18.5 Å². The zero-order valence-corrected chi connectivity index (χ0v) is 14.8. The average Bonchev–Trinajstić information content (AvgIpc) is 2.64. The maximum Gasteiger partial charge on any atom is 0.274 e. The van der Waals surface area contributed by atoms with Crippen molar-refractivity contribution in [1.82, 2.24) is 9.97 Å². The molecule has 1 aliphatic heterocycles. The van der Waals surface area contributed by atoms with Gasteiger partial charge in [0.15, 0.2) is 0 Å². The number of nitrogens with one attached hydrogen (secondary N) is 1. The smallest absolute Gasteiger partial charge is 0.274 e. The molecule has 0 saturated carbocycles. The predicted octanol–water partition coefficient (Wildman–Crippen LogP) is 4.29. The Kier molecular flexibility index (Phi) is 5.48. The topological polar surface area (TPSA) is 58.1 Å². The van der Waals surface area contributed by atoms with Gasteiger partial charge in [-0.2, -0.15) is 0 Å². The SMILES string of the molecule is CCC1CCCCN1c1nccc(C(=O)Nc2ccc(F)c(Cl)c2)n1. The van der Waals surface area contributed by atoms with Crippen molar-refractivity contribution in [3.8, 4) is 0 Å². The number of carbonyl (C=O) groups excluding carboxylic acids is 1. The number of halogens is 2. The Hall–Kier alpha value is -2.21. The molecule has 25 heavy (non-hydrogen) atoms. The second-order valence-corrected chi connectivity index (χ2v) is 6.48. The first-order valence-electron chi connectivity index (χ1n) is 8.44. The molecule has 7 heteroatoms. The number of piperidine rings is 1. The minimum atomic E-state index is -0.528. The molecule has 2 aromatic rings. The van der Waals surface area contributed by atoms with Crippen molar-refractivity contribution in [3.05, 3.63) is 47.0 Å². The average molecular weight is 363 g/mol. The highest BCUT2D eigenvalue weighted by atomic mass is 35.5. The van der Waals surface area contributed by atoms with Crippen LogP contribution < -0.4 is 10.2 Å². The van der Waals surface area contributed by atoms with Gasteiger partial charge in [-0.3, -0.25) is 4.79 Å². The van der Waals surface area contributed by atoms with Gasteiger partial charge in [0.2, 0.25) is 5.95 Å². The van der Waals surface area contributed by atoms with Crippen LogP contribution >= 0.6 is 11.6 Å². The third-order valence-corrected chi connectivity index (χ3v) is 4.70. The molecule has 2 heterocycles. The van der Waals surface area contributed by atoms with Crippen molar-refractivity contribution in [2.75, 3.05) is 16.8 Å². The third kappa shape index (κ3) is 4.07. The normalized spacial score (nSPS) is 17.4. The Morgan fingerprint density at radius 1 is 1.40 bits per heavy atom. The summed E-state index contributed by atoms with van der Waals surface area (Å²) in [5, 5.41) is 2.64. The quantitative estimate of drug-likeness (QED) is 0.881. The maximum absolute atomic E-state index is 13.2. The molecule has 1 fully saturated rings. The predicted molar refractivity (Wildman–Crippen MR) is 96.7 cm³/mol. The largest absolute Gasteiger partial charge is 0.338 e. The third-order valence-electron chi connectivity index (χ3n) is 4.41. The standard InChI is InChI=1S/C18H20ClFN4O/c1-2-13-5-3-4-10-24(13)18-21-9-8-16(23-18)17(25)22-12-6-7-15(20)14(19)11-12/h6-9,11,13H,2-5,10H2,1H3,(H,22,25). The molecule has 0 aliphatic carbocycles. The first kappa shape index (κ1) is 17.6. The minimum absolute atomic E-state index is 0.0414. The van der Waals surface area contributed by atoms with Crippen molar-refractivity contribution < 1.29 is 9.18 Å². The van der Waals surface area contributed by atoms with Gasteiger partial charge in [0.25, 0.3) is 5.91 Å². The molecule has 5 nitrogen and oxygen atoms in total. The minimum Gasteiger partial charge on any atom is -0.338 e. The van der Waals surface area contributed by atoms with Gasteiger partial charge in [-0.25, -0.2) is 14.4 Å². The van der Waals surface area contributed by atoms with E-state index in [0.29, 0.717) is 17.7 Å². The Morgan fingerprint density at radius 3 is 3.00 bits per heavy atom. The second-order valence-electron chi connectivity index (χ2n) is 6.08. The van der Waals surface area contributed by atoms with Gasteiger partial charge in [-0.05, 0) is 49.9 Å². The van der Waals surface area contributed by atoms with Gasteiger partial charge < -0.3 is 10.2 Å². The highest BCUT2D eigenvalue weighted by Gasteiger charge is 2.23. The Morgan fingerprint density at radius 2 is 2.24 bits per heavy atom. The molecule has 1 atom stereocenters. The van der Waals surface area contributed by atoms with Crippen LogP contribution in [0.3, 0.4) is 0 Å². The van der Waals surface area contributed by atoms with E-state index in [2.05, 4.69) is 27.1 Å². The van der Waals surface area contributed by atoms with Crippen LogP contribution in [0.5, 0.6) is 0 Å². The van der Waals surface area contributed by atoms with Crippen molar-refractivity contribution in [3.63, 3.8) is 0 Å². The highest BCUT2D eigenvalue weighted by Crippen LogP contribution is 2.24. The van der Waals surface area contributed by atoms with E-state index in [1.807, 2.05) is 0 Å². The summed E-state index contributed by atoms with van der Waals surface area (Å²) >= 11 is 5.74. The number of benzene rings is 1. The van der Waals surface area contributed by atoms with Crippen molar-refractivity contribution >= 4 is 29.1 Å². The lowest BCUT2D eigenvalue weighted by Gasteiger charge is -2.35. The molecule has 1 aliphatic rings. The highest BCUT2D eigenvalue weighted by molar-refractivity contribution is 6.31. The van der Waals surface area contributed by atoms with Crippen LogP contribution in [-0.2, 0) is 0 Å². The fourth-order valence-corrected chi connectivity index (χ4v) is 3.25. The van der Waals surface area contributed by atoms with E-state index in [-0.39, 0.29) is 16.6 Å². The Bertz CT molecular complexity index is 770.